The van der Waals surface area contributed by atoms with E-state index in [1.807, 2.05) is 0 Å². The summed E-state index contributed by atoms with van der Waals surface area (Å²) < 4.78 is 24.7. The van der Waals surface area contributed by atoms with E-state index in [0.29, 0.717) is 18.1 Å². The first-order chi connectivity index (χ1) is 11.7. The Morgan fingerprint density at radius 2 is 2.04 bits per heavy atom. The highest BCUT2D eigenvalue weighted by molar-refractivity contribution is 5.80. The second-order valence-corrected chi connectivity index (χ2v) is 7.22. The van der Waals surface area contributed by atoms with Crippen LogP contribution in [0.5, 0.6) is 5.75 Å². The van der Waals surface area contributed by atoms with E-state index in [2.05, 4.69) is 5.32 Å². The van der Waals surface area contributed by atoms with Gasteiger partial charge in [-0.2, -0.15) is 0 Å². The number of ether oxygens (including phenoxy) is 2. The highest BCUT2D eigenvalue weighted by atomic mass is 19.1. The summed E-state index contributed by atoms with van der Waals surface area (Å²) in [6.45, 7) is 5.45. The number of carboxylic acid groups (broad SMARTS) is 1. The van der Waals surface area contributed by atoms with Crippen LogP contribution in [0.25, 0.3) is 0 Å². The number of hydrogen-bond acceptors (Lipinski definition) is 4. The molecule has 7 heteroatoms. The van der Waals surface area contributed by atoms with Crippen LogP contribution >= 0.6 is 0 Å². The van der Waals surface area contributed by atoms with Crippen molar-refractivity contribution in [2.75, 3.05) is 6.61 Å². The summed E-state index contributed by atoms with van der Waals surface area (Å²) in [7, 11) is 0. The maximum atomic E-state index is 14.1. The first-order valence-electron chi connectivity index (χ1n) is 8.28. The van der Waals surface area contributed by atoms with E-state index >= 15 is 0 Å². The summed E-state index contributed by atoms with van der Waals surface area (Å²) in [6.07, 6.45) is 1.17. The number of amides is 1. The Morgan fingerprint density at radius 1 is 1.36 bits per heavy atom. The molecule has 1 unspecified atom stereocenters. The quantitative estimate of drug-likeness (QED) is 0.787. The minimum absolute atomic E-state index is 0.0478. The molecule has 0 spiro atoms. The summed E-state index contributed by atoms with van der Waals surface area (Å²) in [4.78, 5) is 23.3. The van der Waals surface area contributed by atoms with Crippen LogP contribution in [0, 0.1) is 11.7 Å². The molecule has 1 aliphatic rings. The van der Waals surface area contributed by atoms with Gasteiger partial charge in [0, 0.05) is 6.42 Å². The standard InChI is InChI=1S/C18H24FNO5/c1-18(2,3)25-17(23)20-14(16(21)22)9-12-5-4-6-13(19)15(12)24-10-11-7-8-11/h4-6,11,14H,7-10H2,1-3H3,(H,20,23)(H,21,22). The van der Waals surface area contributed by atoms with E-state index in [0.717, 1.165) is 12.8 Å². The average Bonchev–Trinajstić information content (AvgIpc) is 3.28. The number of benzene rings is 1. The van der Waals surface area contributed by atoms with Gasteiger partial charge in [0.15, 0.2) is 11.6 Å². The maximum Gasteiger partial charge on any atom is 0.408 e. The molecule has 25 heavy (non-hydrogen) atoms. The third-order valence-electron chi connectivity index (χ3n) is 3.62. The molecule has 0 aromatic heterocycles. The molecule has 0 radical (unpaired) electrons. The van der Waals surface area contributed by atoms with Gasteiger partial charge in [0.1, 0.15) is 11.6 Å². The van der Waals surface area contributed by atoms with Crippen molar-refractivity contribution in [3.8, 4) is 5.75 Å². The number of carbonyl (C=O) groups excluding carboxylic acids is 1. The lowest BCUT2D eigenvalue weighted by Crippen LogP contribution is -2.44. The molecule has 1 saturated carbocycles. The van der Waals surface area contributed by atoms with Gasteiger partial charge >= 0.3 is 12.1 Å². The number of rotatable bonds is 7. The maximum absolute atomic E-state index is 14.1. The molecule has 2 rings (SSSR count). The Hall–Kier alpha value is -2.31. The van der Waals surface area contributed by atoms with E-state index < -0.39 is 29.5 Å². The molecule has 1 amide bonds. The molecule has 2 N–H and O–H groups in total. The predicted octanol–water partition coefficient (Wildman–Crippen LogP) is 3.13. The molecular weight excluding hydrogens is 329 g/mol. The monoisotopic (exact) mass is 353 g/mol. The van der Waals surface area contributed by atoms with Crippen LogP contribution in [0.15, 0.2) is 18.2 Å². The van der Waals surface area contributed by atoms with Crippen LogP contribution in [0.3, 0.4) is 0 Å². The molecule has 1 aromatic carbocycles. The molecule has 1 atom stereocenters. The zero-order valence-electron chi connectivity index (χ0n) is 14.7. The van der Waals surface area contributed by atoms with E-state index in [-0.39, 0.29) is 12.2 Å². The van der Waals surface area contributed by atoms with Gasteiger partial charge in [-0.05, 0) is 51.2 Å². The van der Waals surface area contributed by atoms with Gasteiger partial charge in [0.05, 0.1) is 6.61 Å². The Labute approximate surface area is 146 Å². The van der Waals surface area contributed by atoms with Crippen molar-refractivity contribution in [1.82, 2.24) is 5.32 Å². The molecule has 0 bridgehead atoms. The van der Waals surface area contributed by atoms with Crippen LogP contribution < -0.4 is 10.1 Å². The summed E-state index contributed by atoms with van der Waals surface area (Å²) >= 11 is 0. The Kier molecular flexibility index (Phi) is 5.87. The molecule has 1 aliphatic carbocycles. The smallest absolute Gasteiger partial charge is 0.408 e. The van der Waals surface area contributed by atoms with Crippen molar-refractivity contribution in [1.29, 1.82) is 0 Å². The van der Waals surface area contributed by atoms with Gasteiger partial charge in [-0.3, -0.25) is 0 Å². The molecule has 1 aromatic rings. The number of nitrogens with one attached hydrogen (secondary N) is 1. The lowest BCUT2D eigenvalue weighted by Gasteiger charge is -2.22. The van der Waals surface area contributed by atoms with Crippen LogP contribution in [-0.2, 0) is 16.0 Å². The number of carbonyl (C=O) groups is 2. The highest BCUT2D eigenvalue weighted by Crippen LogP contribution is 2.31. The van der Waals surface area contributed by atoms with Crippen molar-refractivity contribution in [3.05, 3.63) is 29.6 Å². The molecule has 6 nitrogen and oxygen atoms in total. The average molecular weight is 353 g/mol. The van der Waals surface area contributed by atoms with Crippen molar-refractivity contribution < 1.29 is 28.6 Å². The summed E-state index contributed by atoms with van der Waals surface area (Å²) in [5, 5.41) is 11.7. The minimum atomic E-state index is -1.25. The SMILES string of the molecule is CC(C)(C)OC(=O)NC(Cc1cccc(F)c1OCC1CC1)C(=O)O. The Morgan fingerprint density at radius 3 is 2.60 bits per heavy atom. The number of carboxylic acids is 1. The third kappa shape index (κ3) is 6.25. The van der Waals surface area contributed by atoms with E-state index in [9.17, 15) is 19.1 Å². The van der Waals surface area contributed by atoms with Crippen molar-refractivity contribution in [2.24, 2.45) is 5.92 Å². The lowest BCUT2D eigenvalue weighted by molar-refractivity contribution is -0.139. The first kappa shape index (κ1) is 19.0. The molecule has 0 aliphatic heterocycles. The van der Waals surface area contributed by atoms with Crippen LogP contribution in [-0.4, -0.2) is 35.4 Å². The fourth-order valence-electron chi connectivity index (χ4n) is 2.23. The fraction of sp³-hybridized carbons (Fsp3) is 0.556. The van der Waals surface area contributed by atoms with E-state index in [1.165, 1.54) is 12.1 Å². The molecule has 138 valence electrons. The number of para-hydroxylation sites is 1. The van der Waals surface area contributed by atoms with E-state index in [4.69, 9.17) is 9.47 Å². The topological polar surface area (TPSA) is 84.9 Å². The minimum Gasteiger partial charge on any atom is -0.490 e. The second kappa shape index (κ2) is 7.72. The zero-order chi connectivity index (χ0) is 18.6. The molecular formula is C18H24FNO5. The first-order valence-corrected chi connectivity index (χ1v) is 8.28. The zero-order valence-corrected chi connectivity index (χ0v) is 14.7. The van der Waals surface area contributed by atoms with Gasteiger partial charge in [-0.1, -0.05) is 12.1 Å². The Balaban J connectivity index is 2.09. The van der Waals surface area contributed by atoms with E-state index in [1.54, 1.807) is 26.8 Å². The van der Waals surface area contributed by atoms with Crippen molar-refractivity contribution >= 4 is 12.1 Å². The molecule has 1 fully saturated rings. The summed E-state index contributed by atoms with van der Waals surface area (Å²) in [6, 6.07) is 3.10. The van der Waals surface area contributed by atoms with Crippen LogP contribution in [0.4, 0.5) is 9.18 Å². The number of alkyl carbamates (subject to hydrolysis) is 1. The largest absolute Gasteiger partial charge is 0.490 e. The Bertz CT molecular complexity index is 637. The number of hydrogen-bond donors (Lipinski definition) is 2. The summed E-state index contributed by atoms with van der Waals surface area (Å²) in [5.74, 6) is -1.29. The lowest BCUT2D eigenvalue weighted by atomic mass is 10.0. The van der Waals surface area contributed by atoms with Crippen molar-refractivity contribution in [2.45, 2.75) is 51.7 Å². The molecule has 0 heterocycles. The molecule has 0 saturated heterocycles. The van der Waals surface area contributed by atoms with Gasteiger partial charge in [-0.25, -0.2) is 14.0 Å². The number of halogens is 1. The van der Waals surface area contributed by atoms with Gasteiger partial charge in [-0.15, -0.1) is 0 Å². The van der Waals surface area contributed by atoms with Gasteiger partial charge < -0.3 is 19.9 Å². The van der Waals surface area contributed by atoms with Gasteiger partial charge in [0.25, 0.3) is 0 Å². The highest BCUT2D eigenvalue weighted by Gasteiger charge is 2.27. The normalized spacial score (nSPS) is 15.4. The third-order valence-corrected chi connectivity index (χ3v) is 3.62. The van der Waals surface area contributed by atoms with Crippen molar-refractivity contribution in [3.63, 3.8) is 0 Å². The fourth-order valence-corrected chi connectivity index (χ4v) is 2.23. The number of aliphatic carboxylic acids is 1. The van der Waals surface area contributed by atoms with Gasteiger partial charge in [0.2, 0.25) is 0 Å². The summed E-state index contributed by atoms with van der Waals surface area (Å²) in [5.41, 5.74) is -0.353. The van der Waals surface area contributed by atoms with Crippen LogP contribution in [0.1, 0.15) is 39.2 Å². The second-order valence-electron chi connectivity index (χ2n) is 7.22. The predicted molar refractivity (Wildman–Crippen MR) is 89.1 cm³/mol. The van der Waals surface area contributed by atoms with Crippen LogP contribution in [0.2, 0.25) is 0 Å².